The normalized spacial score (nSPS) is 12.1. The van der Waals surface area contributed by atoms with Gasteiger partial charge in [0.1, 0.15) is 0 Å². The Balaban J connectivity index is 1.60. The van der Waals surface area contributed by atoms with Crippen LogP contribution in [0.15, 0.2) is 105 Å². The van der Waals surface area contributed by atoms with E-state index < -0.39 is 9.85 Å². The molecule has 0 aliphatic carbocycles. The average molecular weight is 508 g/mol. The standard InChI is InChI=1S/C26H16N6O6/c33-25-11-9-23(29-27-15-1-5-17(6-2-15)31(35)36)19-13-20-22(14-21(19)25)26(34)12-10-24(20)30-28-16-3-7-18(8-4-16)32(37)38/h1-14,27-28H/b29-23-,30-24+. The number of rotatable bonds is 6. The number of anilines is 2. The van der Waals surface area contributed by atoms with Gasteiger partial charge in [-0.25, -0.2) is 0 Å². The number of fused-ring (bicyclic) bond motifs is 2. The summed E-state index contributed by atoms with van der Waals surface area (Å²) in [5.74, 6) is 0. The minimum Gasteiger partial charge on any atom is -0.289 e. The van der Waals surface area contributed by atoms with Gasteiger partial charge in [-0.05, 0) is 60.7 Å². The molecule has 2 N–H and O–H groups in total. The number of hydrogen-bond donors (Lipinski definition) is 2. The highest BCUT2D eigenvalue weighted by molar-refractivity contribution is 5.97. The Bertz CT molecular complexity index is 1820. The van der Waals surface area contributed by atoms with Crippen LogP contribution in [-0.2, 0) is 0 Å². The Hall–Kier alpha value is -5.78. The highest BCUT2D eigenvalue weighted by Gasteiger charge is 2.09. The monoisotopic (exact) mass is 508 g/mol. The van der Waals surface area contributed by atoms with Crippen molar-refractivity contribution in [1.82, 2.24) is 0 Å². The molecule has 5 aromatic carbocycles. The Morgan fingerprint density at radius 2 is 0.895 bits per heavy atom. The number of non-ortho nitro benzene ring substituents is 2. The highest BCUT2D eigenvalue weighted by atomic mass is 16.6. The van der Waals surface area contributed by atoms with E-state index in [2.05, 4.69) is 21.1 Å². The van der Waals surface area contributed by atoms with Gasteiger partial charge in [0.2, 0.25) is 0 Å². The fourth-order valence-corrected chi connectivity index (χ4v) is 3.86. The lowest BCUT2D eigenvalue weighted by Crippen LogP contribution is -2.17. The van der Waals surface area contributed by atoms with Gasteiger partial charge >= 0.3 is 0 Å². The molecule has 0 bridgehead atoms. The second-order valence-electron chi connectivity index (χ2n) is 8.16. The summed E-state index contributed by atoms with van der Waals surface area (Å²) in [5, 5.41) is 32.8. The van der Waals surface area contributed by atoms with Gasteiger partial charge < -0.3 is 0 Å². The van der Waals surface area contributed by atoms with Crippen molar-refractivity contribution >= 4 is 44.3 Å². The van der Waals surface area contributed by atoms with E-state index in [1.165, 1.54) is 78.9 Å². The molecule has 0 atom stereocenters. The summed E-state index contributed by atoms with van der Waals surface area (Å²) in [6, 6.07) is 20.3. The Kier molecular flexibility index (Phi) is 6.11. The van der Waals surface area contributed by atoms with E-state index in [9.17, 15) is 29.8 Å². The number of nitrogens with zero attached hydrogens (tertiary/aromatic N) is 4. The molecule has 0 saturated heterocycles. The molecule has 0 saturated carbocycles. The van der Waals surface area contributed by atoms with E-state index in [0.717, 1.165) is 0 Å². The SMILES string of the molecule is O=c1cc/c(=N/Nc2ccc([N+](=O)[O-])cc2)c2cc3/c(=N/Nc4ccc([N+](=O)[O-])cc4)ccc(=O)c3cc12. The predicted molar refractivity (Wildman–Crippen MR) is 141 cm³/mol. The topological polar surface area (TPSA) is 169 Å². The molecule has 0 aliphatic heterocycles. The smallest absolute Gasteiger partial charge is 0.269 e. The minimum atomic E-state index is -0.504. The Morgan fingerprint density at radius 1 is 0.526 bits per heavy atom. The van der Waals surface area contributed by atoms with Gasteiger partial charge in [-0.3, -0.25) is 40.7 Å². The summed E-state index contributed by atoms with van der Waals surface area (Å²) in [4.78, 5) is 46.0. The Labute approximate surface area is 211 Å². The van der Waals surface area contributed by atoms with E-state index >= 15 is 0 Å². The number of nitro benzene ring substituents is 2. The summed E-state index contributed by atoms with van der Waals surface area (Å²) in [5.41, 5.74) is 5.95. The number of nitro groups is 2. The van der Waals surface area contributed by atoms with Gasteiger partial charge in [0.05, 0.1) is 31.9 Å². The van der Waals surface area contributed by atoms with Gasteiger partial charge in [0, 0.05) is 45.8 Å². The molecule has 0 aliphatic rings. The molecule has 12 heteroatoms. The largest absolute Gasteiger partial charge is 0.289 e. The van der Waals surface area contributed by atoms with Crippen molar-refractivity contribution in [2.45, 2.75) is 0 Å². The lowest BCUT2D eigenvalue weighted by molar-refractivity contribution is -0.385. The first kappa shape index (κ1) is 23.9. The summed E-state index contributed by atoms with van der Waals surface area (Å²) < 4.78 is 0. The summed E-state index contributed by atoms with van der Waals surface area (Å²) >= 11 is 0. The molecule has 0 heterocycles. The highest BCUT2D eigenvalue weighted by Crippen LogP contribution is 2.17. The molecule has 5 rings (SSSR count). The molecule has 0 unspecified atom stereocenters. The van der Waals surface area contributed by atoms with Gasteiger partial charge in [-0.2, -0.15) is 10.2 Å². The van der Waals surface area contributed by atoms with Crippen LogP contribution in [0.3, 0.4) is 0 Å². The van der Waals surface area contributed by atoms with Crippen LogP contribution < -0.4 is 32.4 Å². The molecular weight excluding hydrogens is 492 g/mol. The zero-order chi connectivity index (χ0) is 26.8. The molecular formula is C26H16N6O6. The van der Waals surface area contributed by atoms with E-state index in [0.29, 0.717) is 43.6 Å². The zero-order valence-electron chi connectivity index (χ0n) is 19.3. The maximum Gasteiger partial charge on any atom is 0.269 e. The van der Waals surface area contributed by atoms with Gasteiger partial charge in [-0.1, -0.05) is 0 Å². The van der Waals surface area contributed by atoms with E-state index in [4.69, 9.17) is 0 Å². The fraction of sp³-hybridized carbons (Fsp3) is 0. The lowest BCUT2D eigenvalue weighted by Gasteiger charge is -2.05. The van der Waals surface area contributed by atoms with Crippen LogP contribution in [0.2, 0.25) is 0 Å². The van der Waals surface area contributed by atoms with Crippen LogP contribution in [0.25, 0.3) is 21.5 Å². The number of hydrogen-bond acceptors (Lipinski definition) is 10. The molecule has 186 valence electrons. The summed E-state index contributed by atoms with van der Waals surface area (Å²) in [6.45, 7) is 0. The van der Waals surface area contributed by atoms with E-state index in [1.807, 2.05) is 0 Å². The molecule has 0 radical (unpaired) electrons. The van der Waals surface area contributed by atoms with Crippen LogP contribution in [0, 0.1) is 20.2 Å². The molecule has 38 heavy (non-hydrogen) atoms. The third-order valence-electron chi connectivity index (χ3n) is 5.79. The molecule has 5 aromatic rings. The van der Waals surface area contributed by atoms with Crippen molar-refractivity contribution in [3.05, 3.63) is 136 Å². The molecule has 0 aromatic heterocycles. The maximum absolute atomic E-state index is 12.6. The van der Waals surface area contributed by atoms with Gasteiger partial charge in [0.15, 0.2) is 10.9 Å². The van der Waals surface area contributed by atoms with Crippen molar-refractivity contribution in [2.75, 3.05) is 10.9 Å². The van der Waals surface area contributed by atoms with Crippen LogP contribution in [-0.4, -0.2) is 9.85 Å². The van der Waals surface area contributed by atoms with Crippen LogP contribution in [0.4, 0.5) is 22.7 Å². The first-order chi connectivity index (χ1) is 18.3. The first-order valence-electron chi connectivity index (χ1n) is 11.1. The molecule has 0 fully saturated rings. The van der Waals surface area contributed by atoms with Gasteiger partial charge in [0.25, 0.3) is 11.4 Å². The lowest BCUT2D eigenvalue weighted by atomic mass is 10.0. The van der Waals surface area contributed by atoms with Crippen molar-refractivity contribution in [3.8, 4) is 0 Å². The minimum absolute atomic E-state index is 0.0600. The van der Waals surface area contributed by atoms with Crippen molar-refractivity contribution in [2.24, 2.45) is 10.2 Å². The van der Waals surface area contributed by atoms with E-state index in [-0.39, 0.29) is 22.2 Å². The molecule has 12 nitrogen and oxygen atoms in total. The second-order valence-corrected chi connectivity index (χ2v) is 8.16. The quantitative estimate of drug-likeness (QED) is 0.200. The van der Waals surface area contributed by atoms with E-state index in [1.54, 1.807) is 6.07 Å². The van der Waals surface area contributed by atoms with Crippen molar-refractivity contribution in [1.29, 1.82) is 0 Å². The molecule has 0 spiro atoms. The van der Waals surface area contributed by atoms with Crippen molar-refractivity contribution in [3.63, 3.8) is 0 Å². The molecule has 0 amide bonds. The van der Waals surface area contributed by atoms with Crippen LogP contribution >= 0.6 is 0 Å². The zero-order valence-corrected chi connectivity index (χ0v) is 19.3. The van der Waals surface area contributed by atoms with Crippen LogP contribution in [0.1, 0.15) is 0 Å². The first-order valence-corrected chi connectivity index (χ1v) is 11.1. The Morgan fingerprint density at radius 3 is 1.26 bits per heavy atom. The average Bonchev–Trinajstić information content (AvgIpc) is 2.92. The maximum atomic E-state index is 12.6. The predicted octanol–water partition coefficient (Wildman–Crippen LogP) is 3.26. The number of benzene rings is 5. The second kappa shape index (κ2) is 9.70. The van der Waals surface area contributed by atoms with Gasteiger partial charge in [-0.15, -0.1) is 0 Å². The fourth-order valence-electron chi connectivity index (χ4n) is 3.86. The van der Waals surface area contributed by atoms with Crippen LogP contribution in [0.5, 0.6) is 0 Å². The van der Waals surface area contributed by atoms with Crippen molar-refractivity contribution < 1.29 is 9.85 Å². The summed E-state index contributed by atoms with van der Waals surface area (Å²) in [7, 11) is 0. The number of nitrogens with one attached hydrogen (secondary N) is 2. The third kappa shape index (κ3) is 4.68. The third-order valence-corrected chi connectivity index (χ3v) is 5.79. The summed E-state index contributed by atoms with van der Waals surface area (Å²) in [6.07, 6.45) is 0.